The second-order valence-corrected chi connectivity index (χ2v) is 3.80. The third kappa shape index (κ3) is 3.71. The van der Waals surface area contributed by atoms with E-state index >= 15 is 0 Å². The molecule has 1 aliphatic carbocycles. The van der Waals surface area contributed by atoms with Crippen LogP contribution in [0.4, 0.5) is 0 Å². The van der Waals surface area contributed by atoms with E-state index < -0.39 is 0 Å². The van der Waals surface area contributed by atoms with Crippen LogP contribution in [0.3, 0.4) is 0 Å². The average molecular weight is 172 g/mol. The molecular formula is C9H16OS. The van der Waals surface area contributed by atoms with E-state index in [1.165, 1.54) is 38.5 Å². The summed E-state index contributed by atoms with van der Waals surface area (Å²) in [6, 6.07) is 0. The topological polar surface area (TPSA) is 9.23 Å². The number of hydrogen-bond donors (Lipinski definition) is 0. The van der Waals surface area contributed by atoms with Crippen molar-refractivity contribution in [2.75, 3.05) is 0 Å². The summed E-state index contributed by atoms with van der Waals surface area (Å²) in [6.07, 6.45) is 8.20. The van der Waals surface area contributed by atoms with Crippen LogP contribution < -0.4 is 0 Å². The lowest BCUT2D eigenvalue weighted by Crippen LogP contribution is -2.13. The Bertz CT molecular complexity index is 126. The Morgan fingerprint density at radius 2 is 1.73 bits per heavy atom. The van der Waals surface area contributed by atoms with Gasteiger partial charge in [-0.05, 0) is 37.9 Å². The molecule has 1 rings (SSSR count). The Morgan fingerprint density at radius 1 is 1.18 bits per heavy atom. The number of thiocarbonyl (C=S) groups is 1. The van der Waals surface area contributed by atoms with Gasteiger partial charge in [0.25, 0.3) is 0 Å². The van der Waals surface area contributed by atoms with Crippen molar-refractivity contribution in [1.82, 2.24) is 0 Å². The normalized spacial score (nSPS) is 20.8. The summed E-state index contributed by atoms with van der Waals surface area (Å²) in [4.78, 5) is 0. The highest BCUT2D eigenvalue weighted by molar-refractivity contribution is 7.80. The minimum atomic E-state index is 0.426. The molecule has 0 aromatic heterocycles. The molecule has 0 bridgehead atoms. The first kappa shape index (κ1) is 8.98. The molecule has 1 saturated carbocycles. The summed E-state index contributed by atoms with van der Waals surface area (Å²) in [5.74, 6) is 0. The molecule has 0 amide bonds. The standard InChI is InChI=1S/C9H16OS/c1-8(11)10-9-6-4-2-3-5-7-9/h9H,2-7H2,1H3. The van der Waals surface area contributed by atoms with Crippen LogP contribution in [0.1, 0.15) is 45.4 Å². The lowest BCUT2D eigenvalue weighted by Gasteiger charge is -2.14. The van der Waals surface area contributed by atoms with Gasteiger partial charge in [-0.15, -0.1) is 0 Å². The van der Waals surface area contributed by atoms with Crippen LogP contribution in [-0.4, -0.2) is 11.2 Å². The zero-order chi connectivity index (χ0) is 8.10. The molecule has 0 heterocycles. The third-order valence-electron chi connectivity index (χ3n) is 2.13. The first-order valence-corrected chi connectivity index (χ1v) is 4.87. The molecule has 1 fully saturated rings. The molecule has 0 aromatic rings. The quantitative estimate of drug-likeness (QED) is 0.444. The summed E-state index contributed by atoms with van der Waals surface area (Å²) in [5, 5.41) is 0.705. The molecule has 1 aliphatic rings. The van der Waals surface area contributed by atoms with Gasteiger partial charge in [-0.3, -0.25) is 0 Å². The van der Waals surface area contributed by atoms with Crippen LogP contribution in [0, 0.1) is 0 Å². The SMILES string of the molecule is CC(=S)OC1CCCCCC1. The monoisotopic (exact) mass is 172 g/mol. The smallest absolute Gasteiger partial charge is 0.157 e. The molecule has 0 aromatic carbocycles. The van der Waals surface area contributed by atoms with E-state index in [1.807, 2.05) is 6.92 Å². The zero-order valence-electron chi connectivity index (χ0n) is 7.14. The van der Waals surface area contributed by atoms with Crippen molar-refractivity contribution < 1.29 is 4.74 Å². The first-order valence-electron chi connectivity index (χ1n) is 4.46. The van der Waals surface area contributed by atoms with Crippen molar-refractivity contribution in [3.05, 3.63) is 0 Å². The van der Waals surface area contributed by atoms with Gasteiger partial charge in [0.15, 0.2) is 5.05 Å². The largest absolute Gasteiger partial charge is 0.484 e. The first-order chi connectivity index (χ1) is 5.29. The Balaban J connectivity index is 2.25. The second kappa shape index (κ2) is 4.70. The van der Waals surface area contributed by atoms with Crippen LogP contribution in [0.15, 0.2) is 0 Å². The highest BCUT2D eigenvalue weighted by Crippen LogP contribution is 2.19. The number of hydrogen-bond acceptors (Lipinski definition) is 2. The average Bonchev–Trinajstić information content (AvgIpc) is 2.14. The number of rotatable bonds is 1. The van der Waals surface area contributed by atoms with E-state index in [2.05, 4.69) is 0 Å². The van der Waals surface area contributed by atoms with Crippen molar-refractivity contribution in [2.24, 2.45) is 0 Å². The fraction of sp³-hybridized carbons (Fsp3) is 0.889. The Labute approximate surface area is 74.1 Å². The molecule has 64 valence electrons. The Kier molecular flexibility index (Phi) is 3.84. The highest BCUT2D eigenvalue weighted by atomic mass is 32.1. The minimum absolute atomic E-state index is 0.426. The van der Waals surface area contributed by atoms with E-state index in [4.69, 9.17) is 17.0 Å². The summed E-state index contributed by atoms with van der Waals surface area (Å²) < 4.78 is 5.50. The molecule has 0 unspecified atom stereocenters. The number of ether oxygens (including phenoxy) is 1. The van der Waals surface area contributed by atoms with E-state index in [-0.39, 0.29) is 0 Å². The van der Waals surface area contributed by atoms with Crippen LogP contribution in [-0.2, 0) is 4.74 Å². The Hall–Kier alpha value is -0.110. The van der Waals surface area contributed by atoms with Gasteiger partial charge in [0.2, 0.25) is 0 Å². The summed E-state index contributed by atoms with van der Waals surface area (Å²) >= 11 is 4.90. The van der Waals surface area contributed by atoms with Gasteiger partial charge < -0.3 is 4.74 Å². The molecule has 0 aliphatic heterocycles. The van der Waals surface area contributed by atoms with Crippen molar-refractivity contribution in [1.29, 1.82) is 0 Å². The van der Waals surface area contributed by atoms with Gasteiger partial charge in [0, 0.05) is 6.92 Å². The van der Waals surface area contributed by atoms with Gasteiger partial charge >= 0.3 is 0 Å². The zero-order valence-corrected chi connectivity index (χ0v) is 7.95. The molecule has 11 heavy (non-hydrogen) atoms. The van der Waals surface area contributed by atoms with Gasteiger partial charge in [-0.25, -0.2) is 0 Å². The van der Waals surface area contributed by atoms with Crippen molar-refractivity contribution in [2.45, 2.75) is 51.6 Å². The summed E-state index contributed by atoms with van der Waals surface area (Å²) in [6.45, 7) is 1.86. The molecule has 2 heteroatoms. The summed E-state index contributed by atoms with van der Waals surface area (Å²) in [7, 11) is 0. The predicted octanol–water partition coefficient (Wildman–Crippen LogP) is 3.07. The van der Waals surface area contributed by atoms with Gasteiger partial charge in [0.05, 0.1) is 6.10 Å². The van der Waals surface area contributed by atoms with Crippen molar-refractivity contribution in [3.63, 3.8) is 0 Å². The predicted molar refractivity (Wildman–Crippen MR) is 50.8 cm³/mol. The van der Waals surface area contributed by atoms with E-state index in [1.54, 1.807) is 0 Å². The Morgan fingerprint density at radius 3 is 2.18 bits per heavy atom. The molecule has 0 radical (unpaired) electrons. The second-order valence-electron chi connectivity index (χ2n) is 3.22. The van der Waals surface area contributed by atoms with Crippen LogP contribution >= 0.6 is 12.2 Å². The van der Waals surface area contributed by atoms with Crippen molar-refractivity contribution in [3.8, 4) is 0 Å². The molecular weight excluding hydrogens is 156 g/mol. The van der Waals surface area contributed by atoms with Crippen LogP contribution in [0.5, 0.6) is 0 Å². The lowest BCUT2D eigenvalue weighted by atomic mass is 10.1. The minimum Gasteiger partial charge on any atom is -0.484 e. The molecule has 0 N–H and O–H groups in total. The fourth-order valence-electron chi connectivity index (χ4n) is 1.59. The van der Waals surface area contributed by atoms with Gasteiger partial charge in [0.1, 0.15) is 0 Å². The third-order valence-corrected chi connectivity index (χ3v) is 2.23. The van der Waals surface area contributed by atoms with E-state index in [9.17, 15) is 0 Å². The molecule has 0 saturated heterocycles. The van der Waals surface area contributed by atoms with E-state index in [0.717, 1.165) is 0 Å². The highest BCUT2D eigenvalue weighted by Gasteiger charge is 2.12. The molecule has 1 nitrogen and oxygen atoms in total. The maximum Gasteiger partial charge on any atom is 0.157 e. The summed E-state index contributed by atoms with van der Waals surface area (Å²) in [5.41, 5.74) is 0. The van der Waals surface area contributed by atoms with Crippen LogP contribution in [0.25, 0.3) is 0 Å². The maximum atomic E-state index is 5.50. The maximum absolute atomic E-state index is 5.50. The van der Waals surface area contributed by atoms with Gasteiger partial charge in [-0.1, -0.05) is 12.8 Å². The van der Waals surface area contributed by atoms with E-state index in [0.29, 0.717) is 11.2 Å². The molecule has 0 spiro atoms. The van der Waals surface area contributed by atoms with Crippen LogP contribution in [0.2, 0.25) is 0 Å². The molecule has 0 atom stereocenters. The lowest BCUT2D eigenvalue weighted by molar-refractivity contribution is 0.174. The fourth-order valence-corrected chi connectivity index (χ4v) is 1.73. The van der Waals surface area contributed by atoms with Crippen molar-refractivity contribution >= 4 is 17.3 Å². The van der Waals surface area contributed by atoms with Gasteiger partial charge in [-0.2, -0.15) is 0 Å².